The van der Waals surface area contributed by atoms with E-state index in [9.17, 15) is 9.41 Å². The lowest BCUT2D eigenvalue weighted by atomic mass is 9.84. The van der Waals surface area contributed by atoms with Crippen molar-refractivity contribution in [3.63, 3.8) is 0 Å². The number of hydrogen-bond acceptors (Lipinski definition) is 3. The van der Waals surface area contributed by atoms with Gasteiger partial charge in [-0.1, -0.05) is 6.07 Å². The molecule has 0 bridgehead atoms. The second-order valence-electron chi connectivity index (χ2n) is 4.87. The minimum atomic E-state index is -0.664. The molecule has 0 aliphatic heterocycles. The minimum Gasteiger partial charge on any atom is -0.432 e. The van der Waals surface area contributed by atoms with Gasteiger partial charge >= 0.3 is 7.05 Å². The third-order valence-electron chi connectivity index (χ3n) is 3.66. The summed E-state index contributed by atoms with van der Waals surface area (Å²) >= 11 is 0. The van der Waals surface area contributed by atoms with Crippen LogP contribution in [0, 0.1) is 5.82 Å². The number of benzene rings is 1. The molecule has 0 fully saturated rings. The number of hydrogen-bond donors (Lipinski definition) is 1. The van der Waals surface area contributed by atoms with Crippen molar-refractivity contribution < 1.29 is 9.41 Å². The summed E-state index contributed by atoms with van der Waals surface area (Å²) in [6.07, 6.45) is 2.43. The Morgan fingerprint density at radius 1 is 1.37 bits per heavy atom. The Balaban J connectivity index is 2.20. The Hall–Kier alpha value is -1.88. The summed E-state index contributed by atoms with van der Waals surface area (Å²) < 4.78 is 13.8. The first kappa shape index (κ1) is 12.2. The summed E-state index contributed by atoms with van der Waals surface area (Å²) in [5.74, 6) is -0.294. The summed E-state index contributed by atoms with van der Waals surface area (Å²) in [5, 5.41) is 9.70. The number of rotatable bonds is 2. The van der Waals surface area contributed by atoms with Gasteiger partial charge in [0.15, 0.2) is 0 Å². The summed E-state index contributed by atoms with van der Waals surface area (Å²) in [7, 11) is 1.10. The highest BCUT2D eigenvalue weighted by Gasteiger charge is 2.26. The molecule has 0 spiro atoms. The molecular weight excluding hydrogens is 242 g/mol. The average molecular weight is 256 g/mol. The first-order valence-electron chi connectivity index (χ1n) is 6.25. The van der Waals surface area contributed by atoms with E-state index in [2.05, 4.69) is 4.98 Å². The van der Waals surface area contributed by atoms with Crippen LogP contribution in [0.2, 0.25) is 6.82 Å². The van der Waals surface area contributed by atoms with Gasteiger partial charge in [0.25, 0.3) is 0 Å². The molecule has 0 atom stereocenters. The molecule has 1 aliphatic carbocycles. The highest BCUT2D eigenvalue weighted by Crippen LogP contribution is 2.40. The fourth-order valence-electron chi connectivity index (χ4n) is 2.56. The average Bonchev–Trinajstić information content (AvgIpc) is 2.75. The molecule has 0 saturated heterocycles. The second-order valence-corrected chi connectivity index (χ2v) is 4.87. The molecule has 1 aromatic carbocycles. The van der Waals surface area contributed by atoms with Crippen LogP contribution in [-0.4, -0.2) is 24.1 Å². The predicted molar refractivity (Wildman–Crippen MR) is 74.7 cm³/mol. The van der Waals surface area contributed by atoms with Crippen molar-refractivity contribution in [3.8, 4) is 11.1 Å². The van der Waals surface area contributed by atoms with Crippen LogP contribution < -0.4 is 4.81 Å². The van der Waals surface area contributed by atoms with Crippen LogP contribution in [0.5, 0.6) is 0 Å². The monoisotopic (exact) mass is 256 g/mol. The fourth-order valence-corrected chi connectivity index (χ4v) is 2.56. The maximum absolute atomic E-state index is 13.8. The van der Waals surface area contributed by atoms with E-state index in [-0.39, 0.29) is 5.82 Å². The van der Waals surface area contributed by atoms with Crippen molar-refractivity contribution >= 4 is 12.7 Å². The molecule has 1 aliphatic rings. The number of nitrogens with zero attached hydrogens (tertiary/aromatic N) is 2. The second kappa shape index (κ2) is 4.35. The molecule has 0 saturated carbocycles. The maximum atomic E-state index is 13.8. The number of aromatic nitrogens is 1. The van der Waals surface area contributed by atoms with E-state index < -0.39 is 7.05 Å². The van der Waals surface area contributed by atoms with Crippen LogP contribution in [0.15, 0.2) is 30.5 Å². The zero-order valence-electron chi connectivity index (χ0n) is 10.9. The van der Waals surface area contributed by atoms with Crippen molar-refractivity contribution in [2.24, 2.45) is 0 Å². The van der Waals surface area contributed by atoms with Crippen LogP contribution in [0.4, 0.5) is 10.1 Å². The van der Waals surface area contributed by atoms with E-state index in [1.54, 1.807) is 30.9 Å². The van der Waals surface area contributed by atoms with Gasteiger partial charge in [-0.25, -0.2) is 4.39 Å². The summed E-state index contributed by atoms with van der Waals surface area (Å²) in [4.78, 5) is 6.02. The molecule has 3 nitrogen and oxygen atoms in total. The van der Waals surface area contributed by atoms with Crippen LogP contribution in [0.1, 0.15) is 11.3 Å². The zero-order valence-corrected chi connectivity index (χ0v) is 10.9. The molecule has 96 valence electrons. The normalized spacial score (nSPS) is 12.0. The first-order chi connectivity index (χ1) is 9.08. The number of fused-ring (bicyclic) bond motifs is 3. The van der Waals surface area contributed by atoms with Gasteiger partial charge in [0.2, 0.25) is 0 Å². The predicted octanol–water partition coefficient (Wildman–Crippen LogP) is 2.34. The quantitative estimate of drug-likeness (QED) is 0.715. The van der Waals surface area contributed by atoms with Crippen molar-refractivity contribution in [2.45, 2.75) is 13.2 Å². The van der Waals surface area contributed by atoms with Crippen LogP contribution >= 0.6 is 0 Å². The van der Waals surface area contributed by atoms with E-state index in [0.717, 1.165) is 28.1 Å². The van der Waals surface area contributed by atoms with Gasteiger partial charge in [0.1, 0.15) is 5.82 Å². The van der Waals surface area contributed by atoms with Crippen molar-refractivity contribution in [3.05, 3.63) is 47.5 Å². The molecule has 0 amide bonds. The highest BCUT2D eigenvalue weighted by molar-refractivity contribution is 6.53. The van der Waals surface area contributed by atoms with E-state index in [1.807, 2.05) is 12.1 Å². The zero-order chi connectivity index (χ0) is 13.6. The van der Waals surface area contributed by atoms with Gasteiger partial charge in [-0.2, -0.15) is 0 Å². The highest BCUT2D eigenvalue weighted by atomic mass is 19.1. The molecule has 0 radical (unpaired) electrons. The summed E-state index contributed by atoms with van der Waals surface area (Å²) in [6.45, 7) is 1.66. The fraction of sp³-hybridized carbons (Fsp3) is 0.214. The van der Waals surface area contributed by atoms with E-state index in [0.29, 0.717) is 6.42 Å². The Kier molecular flexibility index (Phi) is 2.79. The van der Waals surface area contributed by atoms with Gasteiger partial charge < -0.3 is 9.83 Å². The van der Waals surface area contributed by atoms with Gasteiger partial charge in [-0.15, -0.1) is 0 Å². The standard InChI is InChI=1S/C14H14BFN2O/c1-15(19)18(2)14-7-9(16)6-11-10-4-3-5-17-13(10)8-12(11)14/h3-7,19H,8H2,1-2H3. The van der Waals surface area contributed by atoms with E-state index in [4.69, 9.17) is 0 Å². The van der Waals surface area contributed by atoms with Crippen molar-refractivity contribution in [1.29, 1.82) is 0 Å². The number of halogens is 1. The van der Waals surface area contributed by atoms with Crippen LogP contribution in [-0.2, 0) is 6.42 Å². The molecule has 2 aromatic rings. The van der Waals surface area contributed by atoms with Crippen molar-refractivity contribution in [1.82, 2.24) is 4.98 Å². The molecule has 1 N–H and O–H groups in total. The lowest BCUT2D eigenvalue weighted by Crippen LogP contribution is -2.33. The SMILES string of the molecule is CB(O)N(C)c1cc(F)cc2c1Cc1ncccc1-2. The van der Waals surface area contributed by atoms with Gasteiger partial charge in [0, 0.05) is 23.9 Å². The molecule has 1 heterocycles. The number of anilines is 1. The van der Waals surface area contributed by atoms with Gasteiger partial charge in [-0.05, 0) is 43.2 Å². The molecule has 1 aromatic heterocycles. The van der Waals surface area contributed by atoms with Gasteiger partial charge in [-0.3, -0.25) is 4.98 Å². The van der Waals surface area contributed by atoms with E-state index >= 15 is 0 Å². The Bertz CT molecular complexity index is 645. The molecule has 0 unspecified atom stereocenters. The molecule has 5 heteroatoms. The first-order valence-corrected chi connectivity index (χ1v) is 6.25. The molecule has 19 heavy (non-hydrogen) atoms. The maximum Gasteiger partial charge on any atom is 0.409 e. The molecule has 3 rings (SSSR count). The Morgan fingerprint density at radius 2 is 2.16 bits per heavy atom. The topological polar surface area (TPSA) is 36.4 Å². The Morgan fingerprint density at radius 3 is 2.89 bits per heavy atom. The largest absolute Gasteiger partial charge is 0.432 e. The lowest BCUT2D eigenvalue weighted by molar-refractivity contribution is 0.574. The molecular formula is C14H14BFN2O. The number of pyridine rings is 1. The third-order valence-corrected chi connectivity index (χ3v) is 3.66. The van der Waals surface area contributed by atoms with Crippen LogP contribution in [0.25, 0.3) is 11.1 Å². The van der Waals surface area contributed by atoms with E-state index in [1.165, 1.54) is 6.07 Å². The van der Waals surface area contributed by atoms with Crippen molar-refractivity contribution in [2.75, 3.05) is 11.9 Å². The minimum absolute atomic E-state index is 0.294. The summed E-state index contributed by atoms with van der Waals surface area (Å²) in [5.41, 5.74) is 4.58. The smallest absolute Gasteiger partial charge is 0.409 e. The third kappa shape index (κ3) is 1.90. The lowest BCUT2D eigenvalue weighted by Gasteiger charge is -2.23. The van der Waals surface area contributed by atoms with Gasteiger partial charge in [0.05, 0.1) is 5.69 Å². The van der Waals surface area contributed by atoms with Crippen LogP contribution in [0.3, 0.4) is 0 Å². The summed E-state index contributed by atoms with van der Waals surface area (Å²) in [6, 6.07) is 6.83. The Labute approximate surface area is 111 Å².